The maximum Gasteiger partial charge on any atom is 0.193 e. The van der Waals surface area contributed by atoms with Crippen LogP contribution in [0.1, 0.15) is 25.6 Å². The molecule has 8 heteroatoms. The van der Waals surface area contributed by atoms with E-state index >= 15 is 0 Å². The third kappa shape index (κ3) is 9.60. The van der Waals surface area contributed by atoms with E-state index in [1.165, 1.54) is 0 Å². The standard InChI is InChI=1S/C21H33N5O2.HI/c1-4-5-12-27-14-15-28-13-11-23-21(22-2)26(3)17-20-24-16-19(25-20)18-9-7-6-8-10-18;/h6-10,16H,4-5,11-15,17H2,1-3H3,(H,22,23)(H,24,25);1H. The van der Waals surface area contributed by atoms with E-state index in [1.54, 1.807) is 7.05 Å². The van der Waals surface area contributed by atoms with Crippen LogP contribution < -0.4 is 5.32 Å². The van der Waals surface area contributed by atoms with E-state index < -0.39 is 0 Å². The maximum absolute atomic E-state index is 5.58. The van der Waals surface area contributed by atoms with Crippen LogP contribution in [0.25, 0.3) is 11.3 Å². The Morgan fingerprint density at radius 2 is 1.86 bits per heavy atom. The fourth-order valence-corrected chi connectivity index (χ4v) is 2.69. The molecule has 2 aromatic rings. The van der Waals surface area contributed by atoms with Crippen molar-refractivity contribution >= 4 is 29.9 Å². The molecular weight excluding hydrogens is 481 g/mol. The molecule has 1 heterocycles. The van der Waals surface area contributed by atoms with Gasteiger partial charge in [-0.05, 0) is 12.0 Å². The summed E-state index contributed by atoms with van der Waals surface area (Å²) in [6, 6.07) is 10.2. The Hall–Kier alpha value is -1.65. The molecule has 162 valence electrons. The molecule has 2 rings (SSSR count). The molecule has 29 heavy (non-hydrogen) atoms. The van der Waals surface area contributed by atoms with Crippen LogP contribution in [0.15, 0.2) is 41.5 Å². The number of halogens is 1. The SMILES string of the molecule is CCCCOCCOCCNC(=NC)N(C)Cc1ncc(-c2ccccc2)[nH]1.I. The average molecular weight is 515 g/mol. The van der Waals surface area contributed by atoms with E-state index in [2.05, 4.69) is 39.3 Å². The molecule has 1 aromatic heterocycles. The van der Waals surface area contributed by atoms with Gasteiger partial charge in [0.05, 0.1) is 38.3 Å². The fourth-order valence-electron chi connectivity index (χ4n) is 2.69. The summed E-state index contributed by atoms with van der Waals surface area (Å²) in [7, 11) is 3.77. The molecule has 1 aromatic carbocycles. The van der Waals surface area contributed by atoms with Crippen LogP contribution in [-0.2, 0) is 16.0 Å². The normalized spacial score (nSPS) is 11.2. The van der Waals surface area contributed by atoms with Crippen LogP contribution in [0, 0.1) is 0 Å². The van der Waals surface area contributed by atoms with Gasteiger partial charge in [-0.15, -0.1) is 24.0 Å². The third-order valence-electron chi connectivity index (χ3n) is 4.22. The summed E-state index contributed by atoms with van der Waals surface area (Å²) in [4.78, 5) is 14.2. The first-order chi connectivity index (χ1) is 13.7. The topological polar surface area (TPSA) is 74.8 Å². The molecule has 0 bridgehead atoms. The Labute approximate surface area is 191 Å². The summed E-state index contributed by atoms with van der Waals surface area (Å²) < 4.78 is 11.1. The molecule has 0 aliphatic heterocycles. The molecule has 0 radical (unpaired) electrons. The zero-order chi connectivity index (χ0) is 20.0. The second-order valence-electron chi connectivity index (χ2n) is 6.52. The monoisotopic (exact) mass is 515 g/mol. The Balaban J connectivity index is 0.00000420. The van der Waals surface area contributed by atoms with E-state index in [1.807, 2.05) is 36.3 Å². The molecule has 0 fully saturated rings. The molecule has 0 aliphatic carbocycles. The van der Waals surface area contributed by atoms with Gasteiger partial charge in [-0.1, -0.05) is 43.7 Å². The number of guanidine groups is 1. The van der Waals surface area contributed by atoms with Gasteiger partial charge in [0.1, 0.15) is 5.82 Å². The number of unbranched alkanes of at least 4 members (excludes halogenated alkanes) is 1. The van der Waals surface area contributed by atoms with Crippen molar-refractivity contribution in [2.24, 2.45) is 4.99 Å². The number of ether oxygens (including phenoxy) is 2. The second kappa shape index (κ2) is 15.2. The van der Waals surface area contributed by atoms with E-state index in [-0.39, 0.29) is 24.0 Å². The van der Waals surface area contributed by atoms with Crippen LogP contribution in [0.4, 0.5) is 0 Å². The highest BCUT2D eigenvalue weighted by atomic mass is 127. The van der Waals surface area contributed by atoms with Gasteiger partial charge in [0, 0.05) is 27.2 Å². The highest BCUT2D eigenvalue weighted by Gasteiger charge is 2.09. The summed E-state index contributed by atoms with van der Waals surface area (Å²) in [6.45, 7) is 6.18. The van der Waals surface area contributed by atoms with Crippen molar-refractivity contribution in [1.29, 1.82) is 0 Å². The lowest BCUT2D eigenvalue weighted by Crippen LogP contribution is -2.40. The Kier molecular flexibility index (Phi) is 13.3. The lowest BCUT2D eigenvalue weighted by molar-refractivity contribution is 0.0486. The predicted octanol–water partition coefficient (Wildman–Crippen LogP) is 3.54. The highest BCUT2D eigenvalue weighted by Crippen LogP contribution is 2.16. The number of aromatic nitrogens is 2. The van der Waals surface area contributed by atoms with Crippen molar-refractivity contribution in [3.05, 3.63) is 42.4 Å². The number of nitrogens with one attached hydrogen (secondary N) is 2. The van der Waals surface area contributed by atoms with Crippen LogP contribution in [-0.4, -0.2) is 67.9 Å². The van der Waals surface area contributed by atoms with Crippen molar-refractivity contribution in [3.63, 3.8) is 0 Å². The number of rotatable bonds is 12. The minimum Gasteiger partial charge on any atom is -0.379 e. The van der Waals surface area contributed by atoms with Crippen LogP contribution in [0.5, 0.6) is 0 Å². The summed E-state index contributed by atoms with van der Waals surface area (Å²) >= 11 is 0. The summed E-state index contributed by atoms with van der Waals surface area (Å²) in [5, 5.41) is 3.31. The minimum atomic E-state index is 0. The van der Waals surface area contributed by atoms with Crippen molar-refractivity contribution in [2.75, 3.05) is 47.1 Å². The number of aromatic amines is 1. The number of hydrogen-bond acceptors (Lipinski definition) is 4. The largest absolute Gasteiger partial charge is 0.379 e. The van der Waals surface area contributed by atoms with Gasteiger partial charge in [-0.2, -0.15) is 0 Å². The quantitative estimate of drug-likeness (QED) is 0.196. The lowest BCUT2D eigenvalue weighted by Gasteiger charge is -2.21. The van der Waals surface area contributed by atoms with Gasteiger partial charge in [0.15, 0.2) is 5.96 Å². The van der Waals surface area contributed by atoms with Gasteiger partial charge in [-0.3, -0.25) is 4.99 Å². The maximum atomic E-state index is 5.58. The van der Waals surface area contributed by atoms with E-state index in [4.69, 9.17) is 9.47 Å². The van der Waals surface area contributed by atoms with Gasteiger partial charge >= 0.3 is 0 Å². The van der Waals surface area contributed by atoms with Gasteiger partial charge < -0.3 is 24.7 Å². The fraction of sp³-hybridized carbons (Fsp3) is 0.524. The van der Waals surface area contributed by atoms with Crippen molar-refractivity contribution in [3.8, 4) is 11.3 Å². The van der Waals surface area contributed by atoms with E-state index in [9.17, 15) is 0 Å². The number of H-pyrrole nitrogens is 1. The molecule has 0 saturated carbocycles. The summed E-state index contributed by atoms with van der Waals surface area (Å²) in [5.41, 5.74) is 2.14. The van der Waals surface area contributed by atoms with Gasteiger partial charge in [-0.25, -0.2) is 4.98 Å². The van der Waals surface area contributed by atoms with Crippen LogP contribution in [0.3, 0.4) is 0 Å². The van der Waals surface area contributed by atoms with Crippen molar-refractivity contribution in [1.82, 2.24) is 20.2 Å². The third-order valence-corrected chi connectivity index (χ3v) is 4.22. The molecular formula is C21H34IN5O2. The molecule has 2 N–H and O–H groups in total. The first-order valence-electron chi connectivity index (χ1n) is 9.91. The van der Waals surface area contributed by atoms with Crippen LogP contribution in [0.2, 0.25) is 0 Å². The second-order valence-corrected chi connectivity index (χ2v) is 6.52. The first-order valence-corrected chi connectivity index (χ1v) is 9.91. The zero-order valence-corrected chi connectivity index (χ0v) is 20.0. The Morgan fingerprint density at radius 1 is 1.14 bits per heavy atom. The molecule has 0 spiro atoms. The minimum absolute atomic E-state index is 0. The predicted molar refractivity (Wildman–Crippen MR) is 129 cm³/mol. The number of nitrogens with zero attached hydrogens (tertiary/aromatic N) is 3. The molecule has 0 aliphatic rings. The average Bonchev–Trinajstić information content (AvgIpc) is 3.18. The van der Waals surface area contributed by atoms with Crippen molar-refractivity contribution in [2.45, 2.75) is 26.3 Å². The summed E-state index contributed by atoms with van der Waals surface area (Å²) in [6.07, 6.45) is 4.13. The number of aliphatic imine (C=N–C) groups is 1. The van der Waals surface area contributed by atoms with Crippen molar-refractivity contribution < 1.29 is 9.47 Å². The molecule has 0 amide bonds. The van der Waals surface area contributed by atoms with Gasteiger partial charge in [0.2, 0.25) is 0 Å². The zero-order valence-electron chi connectivity index (χ0n) is 17.7. The number of imidazole rings is 1. The Morgan fingerprint density at radius 3 is 2.55 bits per heavy atom. The smallest absolute Gasteiger partial charge is 0.193 e. The molecule has 0 atom stereocenters. The summed E-state index contributed by atoms with van der Waals surface area (Å²) in [5.74, 6) is 1.70. The first kappa shape index (κ1) is 25.4. The number of benzene rings is 1. The molecule has 0 saturated heterocycles. The van der Waals surface area contributed by atoms with Crippen LogP contribution >= 0.6 is 24.0 Å². The molecule has 0 unspecified atom stereocenters. The number of hydrogen-bond donors (Lipinski definition) is 2. The molecule has 7 nitrogen and oxygen atoms in total. The van der Waals surface area contributed by atoms with E-state index in [0.717, 1.165) is 42.5 Å². The van der Waals surface area contributed by atoms with E-state index in [0.29, 0.717) is 32.9 Å². The van der Waals surface area contributed by atoms with Gasteiger partial charge in [0.25, 0.3) is 0 Å². The lowest BCUT2D eigenvalue weighted by atomic mass is 10.2. The highest BCUT2D eigenvalue weighted by molar-refractivity contribution is 14.0. The Bertz CT molecular complexity index is 693.